The molecular formula is C20H12FN3O2S2. The summed E-state index contributed by atoms with van der Waals surface area (Å²) in [6.45, 7) is 0.259. The van der Waals surface area contributed by atoms with Crippen LogP contribution in [0.2, 0.25) is 0 Å². The Kier molecular flexibility index (Phi) is 4.14. The monoisotopic (exact) mass is 409 g/mol. The zero-order valence-corrected chi connectivity index (χ0v) is 16.0. The van der Waals surface area contributed by atoms with Gasteiger partial charge < -0.3 is 4.52 Å². The van der Waals surface area contributed by atoms with E-state index >= 15 is 0 Å². The first-order valence-electron chi connectivity index (χ1n) is 8.41. The summed E-state index contributed by atoms with van der Waals surface area (Å²) in [6, 6.07) is 11.8. The van der Waals surface area contributed by atoms with E-state index in [1.54, 1.807) is 23.5 Å². The molecule has 0 amide bonds. The first-order valence-corrected chi connectivity index (χ1v) is 10.2. The van der Waals surface area contributed by atoms with Gasteiger partial charge in [0.1, 0.15) is 16.3 Å². The number of rotatable bonds is 4. The van der Waals surface area contributed by atoms with Crippen LogP contribution in [0.1, 0.15) is 5.69 Å². The van der Waals surface area contributed by atoms with E-state index in [1.807, 2.05) is 29.0 Å². The van der Waals surface area contributed by atoms with Gasteiger partial charge in [0.2, 0.25) is 0 Å². The molecule has 8 heteroatoms. The van der Waals surface area contributed by atoms with Crippen LogP contribution >= 0.6 is 22.7 Å². The van der Waals surface area contributed by atoms with Gasteiger partial charge in [0, 0.05) is 17.0 Å². The Bertz CT molecular complexity index is 1320. The average molecular weight is 409 g/mol. The van der Waals surface area contributed by atoms with Crippen LogP contribution in [0.25, 0.3) is 32.0 Å². The van der Waals surface area contributed by atoms with Crippen molar-refractivity contribution in [1.29, 1.82) is 0 Å². The molecule has 0 spiro atoms. The van der Waals surface area contributed by atoms with E-state index in [2.05, 4.69) is 10.1 Å². The van der Waals surface area contributed by atoms with Crippen LogP contribution in [0, 0.1) is 5.82 Å². The van der Waals surface area contributed by atoms with Crippen LogP contribution in [0.5, 0.6) is 0 Å². The van der Waals surface area contributed by atoms with E-state index in [-0.39, 0.29) is 17.9 Å². The lowest BCUT2D eigenvalue weighted by molar-refractivity contribution is 0.421. The van der Waals surface area contributed by atoms with Crippen LogP contribution in [0.15, 0.2) is 68.9 Å². The van der Waals surface area contributed by atoms with Gasteiger partial charge in [0.25, 0.3) is 5.56 Å². The second-order valence-corrected chi connectivity index (χ2v) is 7.98. The lowest BCUT2D eigenvalue weighted by Crippen LogP contribution is -2.21. The highest BCUT2D eigenvalue weighted by atomic mass is 32.1. The minimum atomic E-state index is -0.314. The lowest BCUT2D eigenvalue weighted by atomic mass is 10.1. The maximum Gasteiger partial charge on any atom is 0.263 e. The van der Waals surface area contributed by atoms with E-state index in [0.29, 0.717) is 21.7 Å². The molecule has 1 aromatic carbocycles. The maximum absolute atomic E-state index is 13.2. The number of benzene rings is 1. The van der Waals surface area contributed by atoms with Crippen LogP contribution < -0.4 is 5.56 Å². The predicted octanol–water partition coefficient (Wildman–Crippen LogP) is 5.03. The van der Waals surface area contributed by atoms with Crippen molar-refractivity contribution in [3.8, 4) is 21.8 Å². The molecule has 0 saturated heterocycles. The van der Waals surface area contributed by atoms with E-state index in [4.69, 9.17) is 4.52 Å². The Morgan fingerprint density at radius 1 is 1.14 bits per heavy atom. The molecule has 0 fully saturated rings. The van der Waals surface area contributed by atoms with Crippen LogP contribution in [0.4, 0.5) is 4.39 Å². The third-order valence-electron chi connectivity index (χ3n) is 4.37. The summed E-state index contributed by atoms with van der Waals surface area (Å²) in [5, 5.41) is 8.44. The highest BCUT2D eigenvalue weighted by Gasteiger charge is 2.15. The summed E-state index contributed by atoms with van der Waals surface area (Å²) < 4.78 is 20.1. The Labute approximate surface area is 166 Å². The summed E-state index contributed by atoms with van der Waals surface area (Å²) in [4.78, 5) is 19.1. The molecule has 5 aromatic rings. The van der Waals surface area contributed by atoms with Crippen LogP contribution in [0.3, 0.4) is 0 Å². The minimum absolute atomic E-state index is 0.161. The normalized spacial score (nSPS) is 11.3. The van der Waals surface area contributed by atoms with Crippen LogP contribution in [-0.4, -0.2) is 14.7 Å². The summed E-state index contributed by atoms with van der Waals surface area (Å²) in [6.07, 6.45) is 1.52. The molecule has 5 rings (SSSR count). The van der Waals surface area contributed by atoms with Crippen molar-refractivity contribution in [1.82, 2.24) is 14.7 Å². The molecule has 0 atom stereocenters. The molecule has 4 heterocycles. The molecule has 4 aromatic heterocycles. The predicted molar refractivity (Wildman–Crippen MR) is 108 cm³/mol. The summed E-state index contributed by atoms with van der Waals surface area (Å²) in [7, 11) is 0. The average Bonchev–Trinajstić information content (AvgIpc) is 3.45. The van der Waals surface area contributed by atoms with Crippen molar-refractivity contribution in [3.05, 3.63) is 81.4 Å². The standard InChI is InChI=1S/C20H12FN3O2S2/c21-13-5-3-12(4-6-13)15-10-28-19-18(15)20(25)24(11-22-19)9-14-8-16(26-23-14)17-2-1-7-27-17/h1-8,10-11H,9H2. The zero-order valence-electron chi connectivity index (χ0n) is 14.3. The van der Waals surface area contributed by atoms with Crippen molar-refractivity contribution in [2.45, 2.75) is 6.54 Å². The van der Waals surface area contributed by atoms with Gasteiger partial charge >= 0.3 is 0 Å². The largest absolute Gasteiger partial charge is 0.355 e. The third-order valence-corrected chi connectivity index (χ3v) is 6.14. The smallest absolute Gasteiger partial charge is 0.263 e. The van der Waals surface area contributed by atoms with Gasteiger partial charge in [0.15, 0.2) is 5.76 Å². The molecule has 0 N–H and O–H groups in total. The molecular weight excluding hydrogens is 397 g/mol. The topological polar surface area (TPSA) is 60.9 Å². The first kappa shape index (κ1) is 17.0. The number of thiophene rings is 2. The van der Waals surface area contributed by atoms with Crippen molar-refractivity contribution in [3.63, 3.8) is 0 Å². The summed E-state index contributed by atoms with van der Waals surface area (Å²) in [5.74, 6) is 0.362. The number of halogens is 1. The summed E-state index contributed by atoms with van der Waals surface area (Å²) in [5.41, 5.74) is 2.02. The third kappa shape index (κ3) is 2.96. The Balaban J connectivity index is 1.54. The van der Waals surface area contributed by atoms with Crippen molar-refractivity contribution < 1.29 is 8.91 Å². The quantitative estimate of drug-likeness (QED) is 0.418. The number of aromatic nitrogens is 3. The second kappa shape index (κ2) is 6.81. The first-order chi connectivity index (χ1) is 13.7. The molecule has 0 radical (unpaired) electrons. The number of nitrogens with zero attached hydrogens (tertiary/aromatic N) is 3. The Morgan fingerprint density at radius 3 is 2.79 bits per heavy atom. The molecule has 0 saturated carbocycles. The number of hydrogen-bond acceptors (Lipinski definition) is 6. The highest BCUT2D eigenvalue weighted by molar-refractivity contribution is 7.17. The van der Waals surface area contributed by atoms with Gasteiger partial charge in [-0.25, -0.2) is 9.37 Å². The number of hydrogen-bond donors (Lipinski definition) is 0. The maximum atomic E-state index is 13.2. The Morgan fingerprint density at radius 2 is 2.00 bits per heavy atom. The van der Waals surface area contributed by atoms with Gasteiger partial charge in [-0.3, -0.25) is 9.36 Å². The minimum Gasteiger partial charge on any atom is -0.355 e. The molecule has 0 unspecified atom stereocenters. The molecule has 138 valence electrons. The molecule has 0 aliphatic carbocycles. The molecule has 5 nitrogen and oxygen atoms in total. The van der Waals surface area contributed by atoms with Crippen molar-refractivity contribution >= 4 is 32.9 Å². The molecule has 28 heavy (non-hydrogen) atoms. The molecule has 0 aliphatic heterocycles. The Hall–Kier alpha value is -3.10. The van der Waals surface area contributed by atoms with Crippen molar-refractivity contribution in [2.24, 2.45) is 0 Å². The van der Waals surface area contributed by atoms with E-state index < -0.39 is 0 Å². The van der Waals surface area contributed by atoms with E-state index in [9.17, 15) is 9.18 Å². The SMILES string of the molecule is O=c1c2c(-c3ccc(F)cc3)csc2ncn1Cc1cc(-c2cccs2)on1. The van der Waals surface area contributed by atoms with Crippen LogP contribution in [-0.2, 0) is 6.54 Å². The zero-order chi connectivity index (χ0) is 19.1. The fourth-order valence-corrected chi connectivity index (χ4v) is 4.60. The van der Waals surface area contributed by atoms with Gasteiger partial charge in [-0.15, -0.1) is 22.7 Å². The second-order valence-electron chi connectivity index (χ2n) is 6.17. The van der Waals surface area contributed by atoms with E-state index in [0.717, 1.165) is 16.0 Å². The van der Waals surface area contributed by atoms with Crippen molar-refractivity contribution in [2.75, 3.05) is 0 Å². The van der Waals surface area contributed by atoms with E-state index in [1.165, 1.54) is 34.4 Å². The van der Waals surface area contributed by atoms with Gasteiger partial charge in [-0.2, -0.15) is 0 Å². The fraction of sp³-hybridized carbons (Fsp3) is 0.0500. The molecule has 0 aliphatic rings. The summed E-state index contributed by atoms with van der Waals surface area (Å²) >= 11 is 2.96. The molecule has 0 bridgehead atoms. The van der Waals surface area contributed by atoms with Gasteiger partial charge in [-0.05, 0) is 29.1 Å². The fourth-order valence-electron chi connectivity index (χ4n) is 3.02. The number of fused-ring (bicyclic) bond motifs is 1. The van der Waals surface area contributed by atoms with Gasteiger partial charge in [-0.1, -0.05) is 23.4 Å². The highest BCUT2D eigenvalue weighted by Crippen LogP contribution is 2.31. The van der Waals surface area contributed by atoms with Gasteiger partial charge in [0.05, 0.1) is 23.1 Å². The lowest BCUT2D eigenvalue weighted by Gasteiger charge is -2.04.